The number of nitrogens with one attached hydrogen (secondary N) is 1. The van der Waals surface area contributed by atoms with E-state index in [0.29, 0.717) is 0 Å². The monoisotopic (exact) mass is 232 g/mol. The minimum atomic E-state index is -5.08. The lowest BCUT2D eigenvalue weighted by Gasteiger charge is -1.93. The van der Waals surface area contributed by atoms with E-state index in [-0.39, 0.29) is 0 Å². The lowest BCUT2D eigenvalue weighted by molar-refractivity contribution is -0.192. The number of alkyl halides is 3. The molecular weight excluding hydrogens is 225 g/mol. The van der Waals surface area contributed by atoms with Crippen LogP contribution in [0.15, 0.2) is 30.6 Å². The third kappa shape index (κ3) is 3.26. The maximum atomic E-state index is 10.6. The summed E-state index contributed by atoms with van der Waals surface area (Å²) >= 11 is 0. The fraction of sp³-hybridized carbons (Fsp3) is 0.111. The molecule has 16 heavy (non-hydrogen) atoms. The molecule has 0 aliphatic rings. The van der Waals surface area contributed by atoms with E-state index < -0.39 is 12.1 Å². The van der Waals surface area contributed by atoms with Gasteiger partial charge in [-0.1, -0.05) is 12.1 Å². The fourth-order valence-electron chi connectivity index (χ4n) is 0.880. The van der Waals surface area contributed by atoms with Gasteiger partial charge in [0.25, 0.3) is 0 Å². The van der Waals surface area contributed by atoms with Gasteiger partial charge in [0.1, 0.15) is 0 Å². The van der Waals surface area contributed by atoms with Gasteiger partial charge >= 0.3 is 12.1 Å². The normalized spacial score (nSPS) is 10.7. The second-order valence-corrected chi connectivity index (χ2v) is 2.72. The number of carbonyl (C=O) groups is 1. The van der Waals surface area contributed by atoms with Gasteiger partial charge in [0.15, 0.2) is 0 Å². The van der Waals surface area contributed by atoms with Crippen molar-refractivity contribution in [3.05, 3.63) is 30.6 Å². The summed E-state index contributed by atoms with van der Waals surface area (Å²) in [5.41, 5.74) is 2.12. The van der Waals surface area contributed by atoms with Crippen LogP contribution in [0.4, 0.5) is 13.2 Å². The van der Waals surface area contributed by atoms with Crippen LogP contribution in [0.3, 0.4) is 0 Å². The molecule has 0 unspecified atom stereocenters. The number of hydrogen-bond acceptors (Lipinski definition) is 2. The topological polar surface area (TPSA) is 66.0 Å². The number of aliphatic carboxylic acids is 1. The standard InChI is InChI=1S/C7H6N2.C2HF3O2/c1-2-4-7-6(3-1)8-5-9-7;3-2(4,5)1(6)7/h1-5H,(H,8,9);(H,6,7). The zero-order valence-corrected chi connectivity index (χ0v) is 7.82. The van der Waals surface area contributed by atoms with Crippen LogP contribution in [-0.2, 0) is 4.79 Å². The summed E-state index contributed by atoms with van der Waals surface area (Å²) in [7, 11) is 0. The van der Waals surface area contributed by atoms with E-state index in [1.807, 2.05) is 24.3 Å². The van der Waals surface area contributed by atoms with Gasteiger partial charge in [0.2, 0.25) is 0 Å². The van der Waals surface area contributed by atoms with Crippen molar-refractivity contribution in [1.82, 2.24) is 9.97 Å². The summed E-state index contributed by atoms with van der Waals surface area (Å²) < 4.78 is 31.7. The van der Waals surface area contributed by atoms with Gasteiger partial charge in [0, 0.05) is 0 Å². The largest absolute Gasteiger partial charge is 0.490 e. The molecule has 0 aliphatic carbocycles. The molecule has 0 atom stereocenters. The molecule has 4 nitrogen and oxygen atoms in total. The number of H-pyrrole nitrogens is 1. The summed E-state index contributed by atoms with van der Waals surface area (Å²) in [4.78, 5) is 16.0. The Morgan fingerprint density at radius 2 is 1.88 bits per heavy atom. The Labute approximate surface area is 87.7 Å². The Kier molecular flexibility index (Phi) is 3.49. The van der Waals surface area contributed by atoms with Crippen LogP contribution in [0, 0.1) is 0 Å². The quantitative estimate of drug-likeness (QED) is 0.731. The number of imidazole rings is 1. The molecule has 1 aromatic carbocycles. The molecule has 0 bridgehead atoms. The minimum absolute atomic E-state index is 1.03. The van der Waals surface area contributed by atoms with Crippen molar-refractivity contribution < 1.29 is 23.1 Å². The van der Waals surface area contributed by atoms with Gasteiger partial charge in [0.05, 0.1) is 17.4 Å². The maximum absolute atomic E-state index is 10.6. The molecule has 0 spiro atoms. The number of nitrogens with zero attached hydrogens (tertiary/aromatic N) is 1. The Bertz CT molecular complexity index is 449. The van der Waals surface area contributed by atoms with Gasteiger partial charge in [-0.2, -0.15) is 13.2 Å². The third-order valence-corrected chi connectivity index (χ3v) is 1.57. The van der Waals surface area contributed by atoms with E-state index >= 15 is 0 Å². The van der Waals surface area contributed by atoms with Gasteiger partial charge in [-0.25, -0.2) is 9.78 Å². The molecule has 0 aliphatic heterocycles. The van der Waals surface area contributed by atoms with Crippen LogP contribution in [-0.4, -0.2) is 27.2 Å². The molecule has 0 radical (unpaired) electrons. The number of rotatable bonds is 0. The molecule has 1 aromatic heterocycles. The SMILES string of the molecule is O=C(O)C(F)(F)F.c1ccc2[nH]cnc2c1. The number of aromatic amines is 1. The van der Waals surface area contributed by atoms with Crippen molar-refractivity contribution in [2.45, 2.75) is 6.18 Å². The molecule has 2 rings (SSSR count). The van der Waals surface area contributed by atoms with E-state index in [1.54, 1.807) is 6.33 Å². The fourth-order valence-corrected chi connectivity index (χ4v) is 0.880. The molecule has 0 fully saturated rings. The Balaban J connectivity index is 0.000000168. The number of hydrogen-bond donors (Lipinski definition) is 2. The molecule has 0 saturated carbocycles. The minimum Gasteiger partial charge on any atom is -0.475 e. The number of para-hydroxylation sites is 2. The first-order valence-electron chi connectivity index (χ1n) is 4.09. The molecule has 7 heteroatoms. The predicted molar refractivity (Wildman–Crippen MR) is 49.8 cm³/mol. The van der Waals surface area contributed by atoms with Crippen molar-refractivity contribution in [2.75, 3.05) is 0 Å². The number of aromatic nitrogens is 2. The third-order valence-electron chi connectivity index (χ3n) is 1.57. The summed E-state index contributed by atoms with van der Waals surface area (Å²) in [5.74, 6) is -2.76. The van der Waals surface area contributed by atoms with Gasteiger partial charge in [-0.05, 0) is 12.1 Å². The number of carboxylic acids is 1. The average Bonchev–Trinajstić information content (AvgIpc) is 2.64. The van der Waals surface area contributed by atoms with Gasteiger partial charge in [-0.3, -0.25) is 0 Å². The highest BCUT2D eigenvalue weighted by molar-refractivity contribution is 5.73. The van der Waals surface area contributed by atoms with Crippen LogP contribution in [0.2, 0.25) is 0 Å². The average molecular weight is 232 g/mol. The van der Waals surface area contributed by atoms with Crippen LogP contribution in [0.1, 0.15) is 0 Å². The zero-order valence-electron chi connectivity index (χ0n) is 7.82. The maximum Gasteiger partial charge on any atom is 0.490 e. The molecule has 0 saturated heterocycles. The molecule has 2 aromatic rings. The summed E-state index contributed by atoms with van der Waals surface area (Å²) in [5, 5.41) is 7.12. The Hall–Kier alpha value is -2.05. The van der Waals surface area contributed by atoms with Crippen LogP contribution < -0.4 is 0 Å². The summed E-state index contributed by atoms with van der Waals surface area (Å²) in [6, 6.07) is 7.94. The van der Waals surface area contributed by atoms with Gasteiger partial charge in [-0.15, -0.1) is 0 Å². The first kappa shape index (κ1) is 12.0. The first-order valence-corrected chi connectivity index (χ1v) is 4.09. The molecule has 2 N–H and O–H groups in total. The molecule has 0 amide bonds. The van der Waals surface area contributed by atoms with Crippen molar-refractivity contribution in [1.29, 1.82) is 0 Å². The molecule has 1 heterocycles. The van der Waals surface area contributed by atoms with E-state index in [2.05, 4.69) is 9.97 Å². The van der Waals surface area contributed by atoms with Crippen LogP contribution in [0.5, 0.6) is 0 Å². The highest BCUT2D eigenvalue weighted by Crippen LogP contribution is 2.13. The number of halogens is 3. The second-order valence-electron chi connectivity index (χ2n) is 2.72. The van der Waals surface area contributed by atoms with E-state index in [1.165, 1.54) is 0 Å². The van der Waals surface area contributed by atoms with Gasteiger partial charge < -0.3 is 10.1 Å². The number of carboxylic acid groups (broad SMARTS) is 1. The van der Waals surface area contributed by atoms with E-state index in [0.717, 1.165) is 11.0 Å². The van der Waals surface area contributed by atoms with Crippen LogP contribution >= 0.6 is 0 Å². The van der Waals surface area contributed by atoms with Crippen molar-refractivity contribution in [3.8, 4) is 0 Å². The smallest absolute Gasteiger partial charge is 0.475 e. The highest BCUT2D eigenvalue weighted by Gasteiger charge is 2.38. The summed E-state index contributed by atoms with van der Waals surface area (Å²) in [6.07, 6.45) is -3.38. The lowest BCUT2D eigenvalue weighted by Crippen LogP contribution is -2.21. The van der Waals surface area contributed by atoms with Crippen molar-refractivity contribution in [3.63, 3.8) is 0 Å². The zero-order chi connectivity index (χ0) is 12.2. The van der Waals surface area contributed by atoms with E-state index in [9.17, 15) is 13.2 Å². The summed E-state index contributed by atoms with van der Waals surface area (Å²) in [6.45, 7) is 0. The second kappa shape index (κ2) is 4.65. The highest BCUT2D eigenvalue weighted by atomic mass is 19.4. The molecule has 86 valence electrons. The lowest BCUT2D eigenvalue weighted by atomic mass is 10.3. The number of fused-ring (bicyclic) bond motifs is 1. The van der Waals surface area contributed by atoms with E-state index in [4.69, 9.17) is 9.90 Å². The Morgan fingerprint density at radius 1 is 1.31 bits per heavy atom. The van der Waals surface area contributed by atoms with Crippen molar-refractivity contribution >= 4 is 17.0 Å². The predicted octanol–water partition coefficient (Wildman–Crippen LogP) is 2.20. The molecular formula is C9H7F3N2O2. The van der Waals surface area contributed by atoms with Crippen LogP contribution in [0.25, 0.3) is 11.0 Å². The number of benzene rings is 1. The van der Waals surface area contributed by atoms with Crippen molar-refractivity contribution in [2.24, 2.45) is 0 Å². The first-order chi connectivity index (χ1) is 7.41. The Morgan fingerprint density at radius 3 is 2.38 bits per heavy atom.